The summed E-state index contributed by atoms with van der Waals surface area (Å²) in [7, 11) is -0.361. The summed E-state index contributed by atoms with van der Waals surface area (Å²) in [5.41, 5.74) is 0. The predicted molar refractivity (Wildman–Crippen MR) is 115 cm³/mol. The van der Waals surface area contributed by atoms with Crippen molar-refractivity contribution in [2.24, 2.45) is 0 Å². The molecule has 0 heterocycles. The molecule has 0 amide bonds. The lowest BCUT2D eigenvalue weighted by Crippen LogP contribution is -2.37. The first-order valence-corrected chi connectivity index (χ1v) is 12.3. The van der Waals surface area contributed by atoms with E-state index in [4.69, 9.17) is 10.0 Å². The molecule has 0 bridgehead atoms. The van der Waals surface area contributed by atoms with E-state index in [9.17, 15) is 9.46 Å². The van der Waals surface area contributed by atoms with Crippen LogP contribution in [0.15, 0.2) is 0 Å². The number of quaternary nitrogens is 1. The fourth-order valence-corrected chi connectivity index (χ4v) is 3.29. The van der Waals surface area contributed by atoms with Crippen LogP contribution in [0.3, 0.4) is 0 Å². The third-order valence-electron chi connectivity index (χ3n) is 4.29. The van der Waals surface area contributed by atoms with Crippen molar-refractivity contribution in [1.29, 1.82) is 0 Å². The second-order valence-electron chi connectivity index (χ2n) is 8.22. The Kier molecular flexibility index (Phi) is 12.8. The van der Waals surface area contributed by atoms with Crippen molar-refractivity contribution in [2.45, 2.75) is 96.8 Å². The molecule has 0 aromatic rings. The molecule has 27 heavy (non-hydrogen) atoms. The van der Waals surface area contributed by atoms with Gasteiger partial charge in [-0.3, -0.25) is 9.05 Å². The highest BCUT2D eigenvalue weighted by Crippen LogP contribution is 2.43. The molecule has 0 fully saturated rings. The number of rotatable bonds is 20. The maximum absolute atomic E-state index is 12.0. The van der Waals surface area contributed by atoms with Gasteiger partial charge in [0.15, 0.2) is 0 Å². The molecule has 0 aliphatic carbocycles. The van der Waals surface area contributed by atoms with Crippen molar-refractivity contribution in [3.05, 3.63) is 0 Å². The minimum Gasteiger partial charge on any atom is -0.329 e. The Morgan fingerprint density at radius 1 is 0.778 bits per heavy atom. The van der Waals surface area contributed by atoms with Crippen LogP contribution in [0, 0.1) is 0 Å². The average molecular weight is 413 g/mol. The SMILES string of the molecule is [2H]C([2H])(OP(=O)(O)OCCCCCCCCCCCCCCCC)C([2H])([2H])[N+](C)(C)C. The summed E-state index contributed by atoms with van der Waals surface area (Å²) in [6, 6.07) is 0. The summed E-state index contributed by atoms with van der Waals surface area (Å²) in [6.07, 6.45) is 16.8. The van der Waals surface area contributed by atoms with Gasteiger partial charge in [-0.25, -0.2) is 4.57 Å². The van der Waals surface area contributed by atoms with Gasteiger partial charge in [-0.15, -0.1) is 0 Å². The van der Waals surface area contributed by atoms with Gasteiger partial charge in [-0.1, -0.05) is 90.4 Å². The monoisotopic (exact) mass is 412 g/mol. The van der Waals surface area contributed by atoms with Crippen molar-refractivity contribution in [2.75, 3.05) is 40.8 Å². The summed E-state index contributed by atoms with van der Waals surface area (Å²) in [5.74, 6) is 0. The van der Waals surface area contributed by atoms with Gasteiger partial charge in [0.2, 0.25) is 0 Å². The molecular weight excluding hydrogens is 361 g/mol. The van der Waals surface area contributed by atoms with Crippen LogP contribution < -0.4 is 0 Å². The van der Waals surface area contributed by atoms with Crippen LogP contribution in [0.4, 0.5) is 0 Å². The fraction of sp³-hybridized carbons (Fsp3) is 1.00. The van der Waals surface area contributed by atoms with Crippen LogP contribution >= 0.6 is 7.82 Å². The highest BCUT2D eigenvalue weighted by atomic mass is 31.2. The number of unbranched alkanes of at least 4 members (excludes halogenated alkanes) is 13. The average Bonchev–Trinajstić information content (AvgIpc) is 2.63. The standard InChI is InChI=1S/C21H46NO4P/c1-5-6-7-8-9-10-11-12-13-14-15-16-17-18-20-25-27(23,24)26-21-19-22(2,3)4/h5-21H2,1-4H3/p+1/i19D2,21D2. The third-order valence-corrected chi connectivity index (χ3v) is 5.13. The van der Waals surface area contributed by atoms with E-state index in [2.05, 4.69) is 11.4 Å². The van der Waals surface area contributed by atoms with Gasteiger partial charge in [-0.05, 0) is 6.42 Å². The van der Waals surface area contributed by atoms with Crippen molar-refractivity contribution < 1.29 is 28.5 Å². The van der Waals surface area contributed by atoms with E-state index in [1.165, 1.54) is 85.4 Å². The van der Waals surface area contributed by atoms with E-state index in [0.29, 0.717) is 6.42 Å². The number of phosphoric acid groups is 1. The van der Waals surface area contributed by atoms with Gasteiger partial charge in [0, 0.05) is 0 Å². The van der Waals surface area contributed by atoms with Gasteiger partial charge in [0.1, 0.15) is 13.1 Å². The Labute approximate surface area is 174 Å². The highest BCUT2D eigenvalue weighted by molar-refractivity contribution is 7.47. The van der Waals surface area contributed by atoms with Gasteiger partial charge >= 0.3 is 7.82 Å². The second-order valence-corrected chi connectivity index (χ2v) is 9.59. The van der Waals surface area contributed by atoms with Gasteiger partial charge in [-0.2, -0.15) is 0 Å². The Hall–Kier alpha value is 0.0700. The summed E-state index contributed by atoms with van der Waals surface area (Å²) in [4.78, 5) is 9.78. The van der Waals surface area contributed by atoms with Crippen LogP contribution in [0.2, 0.25) is 0 Å². The van der Waals surface area contributed by atoms with E-state index < -0.39 is 25.4 Å². The van der Waals surface area contributed by atoms with E-state index in [1.54, 1.807) is 0 Å². The molecular formula is C21H47NO4P+. The number of likely N-dealkylation sites (N-methyl/N-ethyl adjacent to an activating group) is 1. The summed E-state index contributed by atoms with van der Waals surface area (Å²) in [6.45, 7) is -3.30. The first-order chi connectivity index (χ1) is 14.3. The summed E-state index contributed by atoms with van der Waals surface area (Å²) >= 11 is 0. The minimum absolute atomic E-state index is 0.0186. The number of hydrogen-bond donors (Lipinski definition) is 1. The molecule has 1 N–H and O–H groups in total. The zero-order valence-corrected chi connectivity index (χ0v) is 19.1. The Morgan fingerprint density at radius 2 is 1.19 bits per heavy atom. The Balaban J connectivity index is 3.81. The van der Waals surface area contributed by atoms with Crippen molar-refractivity contribution in [3.8, 4) is 0 Å². The molecule has 0 saturated carbocycles. The summed E-state index contributed by atoms with van der Waals surface area (Å²) < 4.78 is 52.4. The zero-order chi connectivity index (χ0) is 24.0. The number of nitrogens with zero attached hydrogens (tertiary/aromatic N) is 1. The molecule has 1 atom stereocenters. The maximum Gasteiger partial charge on any atom is 0.472 e. The lowest BCUT2D eigenvalue weighted by atomic mass is 10.0. The third kappa shape index (κ3) is 22.2. The largest absolute Gasteiger partial charge is 0.472 e. The first-order valence-electron chi connectivity index (χ1n) is 12.8. The lowest BCUT2D eigenvalue weighted by molar-refractivity contribution is -0.870. The highest BCUT2D eigenvalue weighted by Gasteiger charge is 2.21. The molecule has 0 aromatic heterocycles. The normalized spacial score (nSPS) is 17.7. The van der Waals surface area contributed by atoms with Crippen molar-refractivity contribution in [1.82, 2.24) is 0 Å². The fourth-order valence-electron chi connectivity index (χ4n) is 2.72. The molecule has 0 spiro atoms. The van der Waals surface area contributed by atoms with Gasteiger partial charge < -0.3 is 9.38 Å². The van der Waals surface area contributed by atoms with Crippen LogP contribution in [-0.2, 0) is 13.6 Å². The van der Waals surface area contributed by atoms with E-state index in [1.807, 2.05) is 0 Å². The van der Waals surface area contributed by atoms with Gasteiger partial charge in [0.25, 0.3) is 0 Å². The lowest BCUT2D eigenvalue weighted by Gasteiger charge is -2.24. The van der Waals surface area contributed by atoms with Crippen LogP contribution in [0.25, 0.3) is 0 Å². The quantitative estimate of drug-likeness (QED) is 0.145. The predicted octanol–water partition coefficient (Wildman–Crippen LogP) is 6.31. The molecule has 0 saturated heterocycles. The first kappa shape index (κ1) is 20.3. The molecule has 0 aliphatic rings. The van der Waals surface area contributed by atoms with Crippen LogP contribution in [0.1, 0.15) is 102 Å². The molecule has 5 nitrogen and oxygen atoms in total. The smallest absolute Gasteiger partial charge is 0.329 e. The molecule has 164 valence electrons. The molecule has 6 heteroatoms. The maximum atomic E-state index is 12.0. The van der Waals surface area contributed by atoms with Crippen LogP contribution in [0.5, 0.6) is 0 Å². The second kappa shape index (κ2) is 17.0. The van der Waals surface area contributed by atoms with E-state index >= 15 is 0 Å². The topological polar surface area (TPSA) is 55.8 Å². The van der Waals surface area contributed by atoms with E-state index in [-0.39, 0.29) is 6.61 Å². The molecule has 0 radical (unpaired) electrons. The molecule has 1 unspecified atom stereocenters. The Bertz CT molecular complexity index is 516. The van der Waals surface area contributed by atoms with Gasteiger partial charge in [0.05, 0.1) is 33.2 Å². The zero-order valence-electron chi connectivity index (χ0n) is 22.2. The number of phosphoric ester groups is 1. The van der Waals surface area contributed by atoms with E-state index in [0.717, 1.165) is 19.3 Å². The minimum atomic E-state index is -4.69. The van der Waals surface area contributed by atoms with Crippen molar-refractivity contribution >= 4 is 7.82 Å². The summed E-state index contributed by atoms with van der Waals surface area (Å²) in [5, 5.41) is 0. The molecule has 0 rings (SSSR count). The molecule has 0 aromatic carbocycles. The van der Waals surface area contributed by atoms with Crippen molar-refractivity contribution in [3.63, 3.8) is 0 Å². The van der Waals surface area contributed by atoms with Crippen LogP contribution in [-0.4, -0.2) is 50.2 Å². The number of hydrogen-bond acceptors (Lipinski definition) is 3. The molecule has 0 aliphatic heterocycles. The Morgan fingerprint density at radius 3 is 1.59 bits per heavy atom.